The predicted molar refractivity (Wildman–Crippen MR) is 97.1 cm³/mol. The maximum atomic E-state index is 6.06. The van der Waals surface area contributed by atoms with Gasteiger partial charge in [0, 0.05) is 51.0 Å². The van der Waals surface area contributed by atoms with Crippen LogP contribution in [-0.4, -0.2) is 35.1 Å². The monoisotopic (exact) mass is 325 g/mol. The maximum Gasteiger partial charge on any atom is 0.0541 e. The van der Waals surface area contributed by atoms with E-state index in [0.717, 1.165) is 44.8 Å². The molecule has 0 unspecified atom stereocenters. The molecule has 2 heterocycles. The third kappa shape index (κ3) is 5.11. The highest BCUT2D eigenvalue weighted by Crippen LogP contribution is 2.13. The fraction of sp³-hybridized carbons (Fsp3) is 0.421. The summed E-state index contributed by atoms with van der Waals surface area (Å²) in [4.78, 5) is 6.67. The van der Waals surface area contributed by atoms with Crippen LogP contribution in [0.5, 0.6) is 0 Å². The fourth-order valence-corrected chi connectivity index (χ4v) is 3.26. The molecule has 5 nitrogen and oxygen atoms in total. The van der Waals surface area contributed by atoms with Crippen LogP contribution in [0.1, 0.15) is 23.2 Å². The van der Waals surface area contributed by atoms with Crippen molar-refractivity contribution in [3.63, 3.8) is 0 Å². The second kappa shape index (κ2) is 8.35. The highest BCUT2D eigenvalue weighted by atomic mass is 15.2. The van der Waals surface area contributed by atoms with E-state index >= 15 is 0 Å². The quantitative estimate of drug-likeness (QED) is 0.744. The van der Waals surface area contributed by atoms with Crippen LogP contribution in [0.15, 0.2) is 48.7 Å². The third-order valence-electron chi connectivity index (χ3n) is 4.38. The average Bonchev–Trinajstić information content (AvgIpc) is 2.56. The van der Waals surface area contributed by atoms with Gasteiger partial charge in [0.1, 0.15) is 0 Å². The van der Waals surface area contributed by atoms with Crippen LogP contribution in [-0.2, 0) is 19.6 Å². The second-order valence-electron chi connectivity index (χ2n) is 6.69. The van der Waals surface area contributed by atoms with Gasteiger partial charge in [-0.3, -0.25) is 9.88 Å². The molecule has 2 atom stereocenters. The zero-order valence-corrected chi connectivity index (χ0v) is 14.1. The largest absolute Gasteiger partial charge is 0.326 e. The molecule has 0 saturated carbocycles. The lowest BCUT2D eigenvalue weighted by atomic mass is 10.0. The Labute approximate surface area is 144 Å². The maximum absolute atomic E-state index is 6.06. The Hall–Kier alpha value is -1.79. The van der Waals surface area contributed by atoms with Crippen molar-refractivity contribution in [3.05, 3.63) is 65.5 Å². The van der Waals surface area contributed by atoms with E-state index in [1.54, 1.807) is 0 Å². The number of hydrogen-bond acceptors (Lipinski definition) is 5. The molecule has 0 radical (unpaired) electrons. The van der Waals surface area contributed by atoms with Crippen molar-refractivity contribution in [2.75, 3.05) is 13.1 Å². The van der Waals surface area contributed by atoms with Crippen LogP contribution in [0.3, 0.4) is 0 Å². The molecular formula is C19H27N5. The fourth-order valence-electron chi connectivity index (χ4n) is 3.26. The van der Waals surface area contributed by atoms with Gasteiger partial charge >= 0.3 is 0 Å². The molecule has 5 N–H and O–H groups in total. The average molecular weight is 325 g/mol. The first kappa shape index (κ1) is 17.0. The summed E-state index contributed by atoms with van der Waals surface area (Å²) in [6.45, 7) is 4.41. The number of nitrogens with zero attached hydrogens (tertiary/aromatic N) is 2. The molecule has 1 fully saturated rings. The van der Waals surface area contributed by atoms with Gasteiger partial charge in [0.25, 0.3) is 0 Å². The lowest BCUT2D eigenvalue weighted by molar-refractivity contribution is 0.183. The zero-order chi connectivity index (χ0) is 16.8. The van der Waals surface area contributed by atoms with Crippen molar-refractivity contribution in [3.8, 4) is 0 Å². The van der Waals surface area contributed by atoms with Gasteiger partial charge in [-0.25, -0.2) is 0 Å². The molecule has 2 aromatic rings. The number of likely N-dealkylation sites (tertiary alicyclic amines) is 1. The van der Waals surface area contributed by atoms with E-state index in [1.165, 1.54) is 11.1 Å². The van der Waals surface area contributed by atoms with Crippen LogP contribution >= 0.6 is 0 Å². The first-order chi connectivity index (χ1) is 11.7. The molecule has 0 spiro atoms. The molecule has 128 valence electrons. The Bertz CT molecular complexity index is 603. The summed E-state index contributed by atoms with van der Waals surface area (Å²) in [5, 5.41) is 3.42. The third-order valence-corrected chi connectivity index (χ3v) is 4.38. The molecule has 1 aliphatic rings. The summed E-state index contributed by atoms with van der Waals surface area (Å²) < 4.78 is 0. The Morgan fingerprint density at radius 1 is 0.958 bits per heavy atom. The van der Waals surface area contributed by atoms with E-state index in [2.05, 4.69) is 39.5 Å². The minimum atomic E-state index is 0.198. The van der Waals surface area contributed by atoms with Crippen LogP contribution < -0.4 is 16.8 Å². The number of hydrogen-bond donors (Lipinski definition) is 3. The Balaban J connectivity index is 1.46. The van der Waals surface area contributed by atoms with E-state index in [0.29, 0.717) is 0 Å². The lowest BCUT2D eigenvalue weighted by Gasteiger charge is -2.34. The molecule has 0 amide bonds. The standard InChI is InChI=1S/C19H27N5/c20-17-9-18(21)14-24(13-17)12-16-6-4-15(5-7-16)10-22-11-19-3-1-2-8-23-19/h1-8,17-18,22H,9-14,20-21H2/t17-,18+. The summed E-state index contributed by atoms with van der Waals surface area (Å²) in [6.07, 6.45) is 2.75. The van der Waals surface area contributed by atoms with Crippen molar-refractivity contribution < 1.29 is 0 Å². The van der Waals surface area contributed by atoms with Crippen molar-refractivity contribution >= 4 is 0 Å². The van der Waals surface area contributed by atoms with Gasteiger partial charge in [0.15, 0.2) is 0 Å². The molecule has 1 aromatic heterocycles. The number of benzene rings is 1. The molecule has 5 heteroatoms. The highest BCUT2D eigenvalue weighted by Gasteiger charge is 2.22. The number of pyridine rings is 1. The van der Waals surface area contributed by atoms with Crippen molar-refractivity contribution in [1.29, 1.82) is 0 Å². The second-order valence-corrected chi connectivity index (χ2v) is 6.69. The number of piperidine rings is 1. The molecule has 24 heavy (non-hydrogen) atoms. The summed E-state index contributed by atoms with van der Waals surface area (Å²) >= 11 is 0. The lowest BCUT2D eigenvalue weighted by Crippen LogP contribution is -2.51. The zero-order valence-electron chi connectivity index (χ0n) is 14.1. The molecule has 1 saturated heterocycles. The molecule has 0 aliphatic carbocycles. The number of nitrogens with two attached hydrogens (primary N) is 2. The molecule has 1 aromatic carbocycles. The molecule has 0 bridgehead atoms. The van der Waals surface area contributed by atoms with Crippen LogP contribution in [0.25, 0.3) is 0 Å². The first-order valence-electron chi connectivity index (χ1n) is 8.61. The highest BCUT2D eigenvalue weighted by molar-refractivity contribution is 5.22. The van der Waals surface area contributed by atoms with Crippen LogP contribution in [0.4, 0.5) is 0 Å². The van der Waals surface area contributed by atoms with Gasteiger partial charge in [0.05, 0.1) is 5.69 Å². The smallest absolute Gasteiger partial charge is 0.0541 e. The van der Waals surface area contributed by atoms with E-state index in [1.807, 2.05) is 24.4 Å². The summed E-state index contributed by atoms with van der Waals surface area (Å²) in [5.74, 6) is 0. The summed E-state index contributed by atoms with van der Waals surface area (Å²) in [7, 11) is 0. The van der Waals surface area contributed by atoms with Crippen LogP contribution in [0.2, 0.25) is 0 Å². The van der Waals surface area contributed by atoms with E-state index in [9.17, 15) is 0 Å². The van der Waals surface area contributed by atoms with Crippen LogP contribution in [0, 0.1) is 0 Å². The SMILES string of the molecule is N[C@@H]1C[C@H](N)CN(Cc2ccc(CNCc3ccccn3)cc2)C1. The first-order valence-corrected chi connectivity index (χ1v) is 8.61. The Morgan fingerprint density at radius 2 is 1.67 bits per heavy atom. The van der Waals surface area contributed by atoms with Crippen molar-refractivity contribution in [1.82, 2.24) is 15.2 Å². The predicted octanol–water partition coefficient (Wildman–Crippen LogP) is 1.23. The molecular weight excluding hydrogens is 298 g/mol. The Morgan fingerprint density at radius 3 is 2.33 bits per heavy atom. The Kier molecular flexibility index (Phi) is 5.93. The molecule has 1 aliphatic heterocycles. The minimum Gasteiger partial charge on any atom is -0.326 e. The topological polar surface area (TPSA) is 80.2 Å². The van der Waals surface area contributed by atoms with Gasteiger partial charge < -0.3 is 16.8 Å². The van der Waals surface area contributed by atoms with Gasteiger partial charge in [-0.05, 0) is 29.7 Å². The number of nitrogens with one attached hydrogen (secondary N) is 1. The normalized spacial score (nSPS) is 21.8. The minimum absolute atomic E-state index is 0.198. The van der Waals surface area contributed by atoms with Gasteiger partial charge in [-0.1, -0.05) is 30.3 Å². The molecule has 3 rings (SSSR count). The van der Waals surface area contributed by atoms with Crippen molar-refractivity contribution in [2.45, 2.75) is 38.1 Å². The van der Waals surface area contributed by atoms with Gasteiger partial charge in [-0.15, -0.1) is 0 Å². The number of rotatable bonds is 6. The van der Waals surface area contributed by atoms with Gasteiger partial charge in [-0.2, -0.15) is 0 Å². The van der Waals surface area contributed by atoms with Crippen molar-refractivity contribution in [2.24, 2.45) is 11.5 Å². The van der Waals surface area contributed by atoms with E-state index in [4.69, 9.17) is 11.5 Å². The van der Waals surface area contributed by atoms with E-state index in [-0.39, 0.29) is 12.1 Å². The summed E-state index contributed by atoms with van der Waals surface area (Å²) in [6, 6.07) is 15.1. The number of aromatic nitrogens is 1. The summed E-state index contributed by atoms with van der Waals surface area (Å²) in [5.41, 5.74) is 15.8. The van der Waals surface area contributed by atoms with E-state index < -0.39 is 0 Å². The van der Waals surface area contributed by atoms with Gasteiger partial charge in [0.2, 0.25) is 0 Å².